The summed E-state index contributed by atoms with van der Waals surface area (Å²) in [6.45, 7) is -1.38. The molecule has 3 amide bonds. The summed E-state index contributed by atoms with van der Waals surface area (Å²) in [4.78, 5) is 53.0. The quantitative estimate of drug-likeness (QED) is 0.0512. The Kier molecular flexibility index (Phi) is 11.6. The number of guanidine groups is 1. The molecule has 0 aromatic heterocycles. The van der Waals surface area contributed by atoms with Gasteiger partial charge in [-0.25, -0.2) is 9.59 Å². The number of hydrogen-bond acceptors (Lipinski definition) is 9. The molecule has 38 heavy (non-hydrogen) atoms. The second kappa shape index (κ2) is 14.9. The predicted molar refractivity (Wildman–Crippen MR) is 129 cm³/mol. The van der Waals surface area contributed by atoms with Crippen molar-refractivity contribution in [3.8, 4) is 0 Å². The molecule has 1 fully saturated rings. The number of rotatable bonds is 11. The molecule has 1 heterocycles. The van der Waals surface area contributed by atoms with E-state index in [1.54, 1.807) is 30.3 Å². The number of esters is 1. The third-order valence-corrected chi connectivity index (χ3v) is 5.42. The molecule has 1 aliphatic heterocycles. The molecular formula is C22H30N8O8. The Morgan fingerprint density at radius 1 is 1.18 bits per heavy atom. The maximum absolute atomic E-state index is 12.9. The zero-order chi connectivity index (χ0) is 28.1. The van der Waals surface area contributed by atoms with E-state index in [1.165, 1.54) is 4.90 Å². The van der Waals surface area contributed by atoms with Gasteiger partial charge < -0.3 is 51.8 Å². The number of ether oxygens (including phenoxy) is 2. The third-order valence-electron chi connectivity index (χ3n) is 5.42. The molecule has 16 heteroatoms. The van der Waals surface area contributed by atoms with E-state index in [9.17, 15) is 29.4 Å². The van der Waals surface area contributed by atoms with Crippen LogP contribution in [-0.2, 0) is 30.5 Å². The lowest BCUT2D eigenvalue weighted by Gasteiger charge is -2.38. The van der Waals surface area contributed by atoms with Crippen molar-refractivity contribution in [1.29, 1.82) is 5.41 Å². The summed E-state index contributed by atoms with van der Waals surface area (Å²) in [5.74, 6) is -3.41. The second-order valence-corrected chi connectivity index (χ2v) is 8.13. The van der Waals surface area contributed by atoms with Crippen LogP contribution in [0.5, 0.6) is 0 Å². The van der Waals surface area contributed by atoms with Crippen LogP contribution in [0.3, 0.4) is 0 Å². The Morgan fingerprint density at radius 2 is 1.89 bits per heavy atom. The van der Waals surface area contributed by atoms with Crippen molar-refractivity contribution in [1.82, 2.24) is 20.9 Å². The molecule has 4 atom stereocenters. The van der Waals surface area contributed by atoms with Crippen LogP contribution in [0.1, 0.15) is 18.4 Å². The highest BCUT2D eigenvalue weighted by molar-refractivity contribution is 6.20. The lowest BCUT2D eigenvalue weighted by Crippen LogP contribution is -2.62. The summed E-state index contributed by atoms with van der Waals surface area (Å²) in [5.41, 5.74) is 14.6. The topological polar surface area (TPSA) is 253 Å². The van der Waals surface area contributed by atoms with Crippen molar-refractivity contribution in [2.24, 2.45) is 5.73 Å². The number of hydrogen-bond donors (Lipinski definition) is 7. The average molecular weight is 535 g/mol. The van der Waals surface area contributed by atoms with E-state index in [0.717, 1.165) is 0 Å². The number of likely N-dealkylation sites (tertiary alicyclic amines) is 1. The number of carbonyl (C=O) groups excluding carboxylic acids is 4. The van der Waals surface area contributed by atoms with Crippen LogP contribution in [0.15, 0.2) is 30.3 Å². The van der Waals surface area contributed by atoms with Crippen LogP contribution in [0.2, 0.25) is 0 Å². The van der Waals surface area contributed by atoms with E-state index in [4.69, 9.17) is 26.1 Å². The molecule has 0 aliphatic carbocycles. The van der Waals surface area contributed by atoms with Crippen molar-refractivity contribution in [3.63, 3.8) is 0 Å². The van der Waals surface area contributed by atoms with E-state index in [2.05, 4.69) is 20.7 Å². The van der Waals surface area contributed by atoms with Crippen molar-refractivity contribution in [2.75, 3.05) is 19.8 Å². The molecule has 0 bridgehead atoms. The summed E-state index contributed by atoms with van der Waals surface area (Å²) in [6, 6.07) is 4.75. The van der Waals surface area contributed by atoms with Gasteiger partial charge in [0.05, 0.1) is 12.6 Å². The van der Waals surface area contributed by atoms with Crippen molar-refractivity contribution < 1.29 is 43.7 Å². The van der Waals surface area contributed by atoms with Gasteiger partial charge in [0.1, 0.15) is 31.5 Å². The summed E-state index contributed by atoms with van der Waals surface area (Å²) in [7, 11) is 0. The lowest BCUT2D eigenvalue weighted by molar-refractivity contribution is -0.143. The van der Waals surface area contributed by atoms with Gasteiger partial charge in [0.2, 0.25) is 11.8 Å². The maximum Gasteiger partial charge on any atom is 0.413 e. The van der Waals surface area contributed by atoms with Gasteiger partial charge in [-0.2, -0.15) is 4.79 Å². The lowest BCUT2D eigenvalue weighted by atomic mass is 10.0. The van der Waals surface area contributed by atoms with Crippen molar-refractivity contribution in [3.05, 3.63) is 41.4 Å². The van der Waals surface area contributed by atoms with Crippen LogP contribution in [0.25, 0.3) is 5.53 Å². The smallest absolute Gasteiger partial charge is 0.413 e. The van der Waals surface area contributed by atoms with Crippen LogP contribution < -0.4 is 21.7 Å². The van der Waals surface area contributed by atoms with Gasteiger partial charge in [0, 0.05) is 6.54 Å². The molecule has 1 aromatic rings. The fraction of sp³-hybridized carbons (Fsp3) is 0.455. The molecule has 0 saturated carbocycles. The zero-order valence-electron chi connectivity index (χ0n) is 20.3. The van der Waals surface area contributed by atoms with Gasteiger partial charge in [-0.1, -0.05) is 30.3 Å². The fourth-order valence-corrected chi connectivity index (χ4v) is 3.48. The van der Waals surface area contributed by atoms with Gasteiger partial charge in [-0.3, -0.25) is 15.0 Å². The first-order valence-corrected chi connectivity index (χ1v) is 11.5. The standard InChI is InChI=1S/C22H30N8O8/c23-21(24)30-8-4-7-14(20(30)35)27-19(34)16(12-37-17(32)9-26-25)28-18(33)15(10-31)29-22(36)38-11-13-5-2-1-3-6-13/h1-3,5-6,9,14-16,20,31,35H,4,7-8,10-12H2,(H3,23,24)(H,27,34)(H,28,33)(H,29,36)/t14-,15+,16-,20?/m0/s1. The fourth-order valence-electron chi connectivity index (χ4n) is 3.48. The highest BCUT2D eigenvalue weighted by Crippen LogP contribution is 2.15. The van der Waals surface area contributed by atoms with Crippen LogP contribution >= 0.6 is 0 Å². The highest BCUT2D eigenvalue weighted by Gasteiger charge is 2.35. The first kappa shape index (κ1) is 29.7. The highest BCUT2D eigenvalue weighted by atomic mass is 16.5. The van der Waals surface area contributed by atoms with Crippen LogP contribution in [0, 0.1) is 5.41 Å². The number of carbonyl (C=O) groups is 4. The van der Waals surface area contributed by atoms with E-state index in [-0.39, 0.29) is 6.61 Å². The molecule has 1 aromatic carbocycles. The summed E-state index contributed by atoms with van der Waals surface area (Å²) in [6.07, 6.45) is -1.10. The number of nitrogens with zero attached hydrogens (tertiary/aromatic N) is 3. The van der Waals surface area contributed by atoms with Gasteiger partial charge in [0.25, 0.3) is 0 Å². The number of amides is 3. The first-order valence-electron chi connectivity index (χ1n) is 11.5. The summed E-state index contributed by atoms with van der Waals surface area (Å²) in [5, 5.41) is 34.5. The number of aliphatic hydroxyl groups is 2. The van der Waals surface area contributed by atoms with E-state index >= 15 is 0 Å². The third kappa shape index (κ3) is 9.16. The molecule has 1 unspecified atom stereocenters. The monoisotopic (exact) mass is 534 g/mol. The summed E-state index contributed by atoms with van der Waals surface area (Å²) < 4.78 is 9.82. The van der Waals surface area contributed by atoms with Gasteiger partial charge in [-0.15, -0.1) is 0 Å². The average Bonchev–Trinajstić information content (AvgIpc) is 2.90. The van der Waals surface area contributed by atoms with Gasteiger partial charge in [0.15, 0.2) is 5.96 Å². The molecule has 1 saturated heterocycles. The van der Waals surface area contributed by atoms with Crippen LogP contribution in [0.4, 0.5) is 4.79 Å². The Morgan fingerprint density at radius 3 is 2.53 bits per heavy atom. The normalized spacial score (nSPS) is 18.1. The minimum Gasteiger partial charge on any atom is -0.455 e. The van der Waals surface area contributed by atoms with Crippen molar-refractivity contribution >= 4 is 36.1 Å². The minimum atomic E-state index is -1.55. The number of benzene rings is 1. The first-order chi connectivity index (χ1) is 18.2. The van der Waals surface area contributed by atoms with E-state index in [0.29, 0.717) is 31.2 Å². The summed E-state index contributed by atoms with van der Waals surface area (Å²) >= 11 is 0. The Hall–Kier alpha value is -4.53. The number of nitrogens with two attached hydrogens (primary N) is 1. The molecule has 1 aliphatic rings. The van der Waals surface area contributed by atoms with Gasteiger partial charge >= 0.3 is 18.3 Å². The molecule has 8 N–H and O–H groups in total. The molecule has 16 nitrogen and oxygen atoms in total. The molecular weight excluding hydrogens is 504 g/mol. The Bertz CT molecular complexity index is 1050. The Labute approximate surface area is 217 Å². The zero-order valence-corrected chi connectivity index (χ0v) is 20.3. The van der Waals surface area contributed by atoms with E-state index in [1.807, 2.05) is 0 Å². The van der Waals surface area contributed by atoms with Gasteiger partial charge in [-0.05, 0) is 18.4 Å². The number of alkyl carbamates (subject to hydrolysis) is 1. The van der Waals surface area contributed by atoms with Crippen molar-refractivity contribution in [2.45, 2.75) is 43.8 Å². The second-order valence-electron chi connectivity index (χ2n) is 8.13. The molecule has 2 rings (SSSR count). The predicted octanol–water partition coefficient (Wildman–Crippen LogP) is -2.61. The SMILES string of the molecule is [N-]=[N+]=CC(=O)OC[C@H](NC(=O)[C@@H](CO)NC(=O)OCc1ccccc1)C(=O)N[C@H]1CCCN(C(=N)N)C1O. The maximum atomic E-state index is 12.9. The largest absolute Gasteiger partial charge is 0.455 e. The number of nitrogens with one attached hydrogen (secondary N) is 4. The van der Waals surface area contributed by atoms with E-state index < -0.39 is 67.4 Å². The minimum absolute atomic E-state index is 0.0964. The number of piperidine rings is 1. The molecule has 0 spiro atoms. The number of aliphatic hydroxyl groups excluding tert-OH is 2. The molecule has 206 valence electrons. The van der Waals surface area contributed by atoms with Crippen LogP contribution in [-0.4, -0.2) is 100 Å². The Balaban J connectivity index is 2.04. The molecule has 0 radical (unpaired) electrons.